The van der Waals surface area contributed by atoms with Crippen LogP contribution in [0.5, 0.6) is 11.5 Å². The maximum Gasteiger partial charge on any atom is 0.161 e. The Morgan fingerprint density at radius 2 is 2.25 bits per heavy atom. The van der Waals surface area contributed by atoms with Gasteiger partial charge in [-0.25, -0.2) is 0 Å². The lowest BCUT2D eigenvalue weighted by Gasteiger charge is -2.32. The van der Waals surface area contributed by atoms with Crippen molar-refractivity contribution >= 4 is 0 Å². The highest BCUT2D eigenvalue weighted by Gasteiger charge is 2.17. The second-order valence-electron chi connectivity index (χ2n) is 5.50. The molecular formula is C16H26N2O2. The molecule has 112 valence electrons. The summed E-state index contributed by atoms with van der Waals surface area (Å²) in [5.41, 5.74) is 1.14. The van der Waals surface area contributed by atoms with E-state index in [4.69, 9.17) is 4.74 Å². The van der Waals surface area contributed by atoms with Crippen molar-refractivity contribution in [1.82, 2.24) is 10.2 Å². The summed E-state index contributed by atoms with van der Waals surface area (Å²) in [4.78, 5) is 2.44. The van der Waals surface area contributed by atoms with E-state index in [1.807, 2.05) is 19.1 Å². The Kier molecular flexibility index (Phi) is 5.68. The van der Waals surface area contributed by atoms with Gasteiger partial charge in [0.2, 0.25) is 0 Å². The van der Waals surface area contributed by atoms with Crippen molar-refractivity contribution in [2.45, 2.75) is 38.8 Å². The van der Waals surface area contributed by atoms with E-state index in [1.54, 1.807) is 6.07 Å². The van der Waals surface area contributed by atoms with Crippen LogP contribution in [0.1, 0.15) is 31.7 Å². The lowest BCUT2D eigenvalue weighted by Crippen LogP contribution is -2.42. The van der Waals surface area contributed by atoms with Gasteiger partial charge in [0.1, 0.15) is 0 Å². The second-order valence-corrected chi connectivity index (χ2v) is 5.50. The molecule has 0 spiro atoms. The summed E-state index contributed by atoms with van der Waals surface area (Å²) in [6, 6.07) is 6.20. The number of hydrogen-bond acceptors (Lipinski definition) is 4. The largest absolute Gasteiger partial charge is 0.504 e. The van der Waals surface area contributed by atoms with E-state index in [0.717, 1.165) is 18.7 Å². The zero-order chi connectivity index (χ0) is 14.4. The third kappa shape index (κ3) is 4.12. The Morgan fingerprint density at radius 1 is 1.40 bits per heavy atom. The van der Waals surface area contributed by atoms with Crippen LogP contribution < -0.4 is 10.1 Å². The van der Waals surface area contributed by atoms with Crippen LogP contribution in [0.15, 0.2) is 18.2 Å². The standard InChI is InChI=1S/C16H26N2O2/c1-3-20-16-10-13(7-8-15(16)19)11-17-12-14-6-4-5-9-18(14)2/h7-8,10,14,17,19H,3-6,9,11-12H2,1-2H3. The number of phenols is 1. The Bertz CT molecular complexity index is 423. The molecule has 1 unspecified atom stereocenters. The van der Waals surface area contributed by atoms with Gasteiger partial charge in [0.15, 0.2) is 11.5 Å². The first-order chi connectivity index (χ1) is 9.70. The van der Waals surface area contributed by atoms with E-state index >= 15 is 0 Å². The summed E-state index contributed by atoms with van der Waals surface area (Å²) in [7, 11) is 2.21. The molecule has 1 aromatic carbocycles. The third-order valence-electron chi connectivity index (χ3n) is 3.95. The van der Waals surface area contributed by atoms with Crippen LogP contribution in [-0.2, 0) is 6.54 Å². The lowest BCUT2D eigenvalue weighted by molar-refractivity contribution is 0.181. The topological polar surface area (TPSA) is 44.7 Å². The Labute approximate surface area is 121 Å². The van der Waals surface area contributed by atoms with Crippen molar-refractivity contribution in [3.63, 3.8) is 0 Å². The molecule has 1 heterocycles. The molecule has 0 radical (unpaired) electrons. The highest BCUT2D eigenvalue weighted by atomic mass is 16.5. The predicted octanol–water partition coefficient (Wildman–Crippen LogP) is 2.36. The normalized spacial score (nSPS) is 20.0. The fourth-order valence-electron chi connectivity index (χ4n) is 2.72. The average molecular weight is 278 g/mol. The van der Waals surface area contributed by atoms with E-state index in [-0.39, 0.29) is 5.75 Å². The van der Waals surface area contributed by atoms with Crippen molar-refractivity contribution in [3.05, 3.63) is 23.8 Å². The van der Waals surface area contributed by atoms with E-state index < -0.39 is 0 Å². The zero-order valence-corrected chi connectivity index (χ0v) is 12.6. The van der Waals surface area contributed by atoms with E-state index in [1.165, 1.54) is 25.8 Å². The van der Waals surface area contributed by atoms with Crippen LogP contribution in [0, 0.1) is 0 Å². The molecule has 0 saturated carbocycles. The molecule has 4 heteroatoms. The molecule has 2 N–H and O–H groups in total. The van der Waals surface area contributed by atoms with Crippen molar-refractivity contribution in [2.24, 2.45) is 0 Å². The lowest BCUT2D eigenvalue weighted by atomic mass is 10.0. The van der Waals surface area contributed by atoms with Gasteiger partial charge in [-0.2, -0.15) is 0 Å². The smallest absolute Gasteiger partial charge is 0.161 e. The van der Waals surface area contributed by atoms with Crippen LogP contribution in [0.4, 0.5) is 0 Å². The van der Waals surface area contributed by atoms with Crippen LogP contribution in [-0.4, -0.2) is 42.8 Å². The fourth-order valence-corrected chi connectivity index (χ4v) is 2.72. The van der Waals surface area contributed by atoms with Gasteiger partial charge in [0, 0.05) is 19.1 Å². The molecule has 0 aromatic heterocycles. The molecule has 1 aliphatic heterocycles. The van der Waals surface area contributed by atoms with E-state index in [0.29, 0.717) is 18.4 Å². The number of nitrogens with zero attached hydrogens (tertiary/aromatic N) is 1. The molecule has 0 amide bonds. The summed E-state index contributed by atoms with van der Waals surface area (Å²) < 4.78 is 5.40. The van der Waals surface area contributed by atoms with Crippen LogP contribution in [0.3, 0.4) is 0 Å². The molecule has 2 rings (SSSR count). The van der Waals surface area contributed by atoms with Gasteiger partial charge in [0.05, 0.1) is 6.61 Å². The van der Waals surface area contributed by atoms with E-state index in [9.17, 15) is 5.11 Å². The maximum absolute atomic E-state index is 9.68. The average Bonchev–Trinajstić information content (AvgIpc) is 2.45. The van der Waals surface area contributed by atoms with Gasteiger partial charge in [0.25, 0.3) is 0 Å². The Balaban J connectivity index is 1.83. The van der Waals surface area contributed by atoms with Crippen molar-refractivity contribution in [3.8, 4) is 11.5 Å². The molecule has 1 saturated heterocycles. The van der Waals surface area contributed by atoms with Gasteiger partial charge in [-0.15, -0.1) is 0 Å². The first-order valence-electron chi connectivity index (χ1n) is 7.56. The van der Waals surface area contributed by atoms with E-state index in [2.05, 4.69) is 17.3 Å². The first-order valence-corrected chi connectivity index (χ1v) is 7.56. The summed E-state index contributed by atoms with van der Waals surface area (Å²) in [6.07, 6.45) is 3.94. The van der Waals surface area contributed by atoms with Crippen LogP contribution in [0.25, 0.3) is 0 Å². The molecule has 20 heavy (non-hydrogen) atoms. The summed E-state index contributed by atoms with van der Waals surface area (Å²) in [5.74, 6) is 0.782. The van der Waals surface area contributed by atoms with Crippen LogP contribution in [0.2, 0.25) is 0 Å². The van der Waals surface area contributed by atoms with Gasteiger partial charge in [-0.3, -0.25) is 0 Å². The highest BCUT2D eigenvalue weighted by molar-refractivity contribution is 5.41. The monoisotopic (exact) mass is 278 g/mol. The molecular weight excluding hydrogens is 252 g/mol. The number of ether oxygens (including phenoxy) is 1. The number of likely N-dealkylation sites (N-methyl/N-ethyl adjacent to an activating group) is 1. The Morgan fingerprint density at radius 3 is 3.00 bits per heavy atom. The number of rotatable bonds is 6. The predicted molar refractivity (Wildman–Crippen MR) is 81.3 cm³/mol. The summed E-state index contributed by atoms with van der Waals surface area (Å²) >= 11 is 0. The van der Waals surface area contributed by atoms with Crippen molar-refractivity contribution < 1.29 is 9.84 Å². The number of nitrogens with one attached hydrogen (secondary N) is 1. The molecule has 1 fully saturated rings. The summed E-state index contributed by atoms with van der Waals surface area (Å²) in [5, 5.41) is 13.2. The number of benzene rings is 1. The Hall–Kier alpha value is -1.26. The maximum atomic E-state index is 9.68. The number of hydrogen-bond donors (Lipinski definition) is 2. The molecule has 1 aliphatic rings. The second kappa shape index (κ2) is 7.50. The minimum absolute atomic E-state index is 0.211. The minimum Gasteiger partial charge on any atom is -0.504 e. The van der Waals surface area contributed by atoms with Gasteiger partial charge in [-0.1, -0.05) is 12.5 Å². The van der Waals surface area contributed by atoms with Crippen LogP contribution >= 0.6 is 0 Å². The molecule has 1 aromatic rings. The van der Waals surface area contributed by atoms with Gasteiger partial charge >= 0.3 is 0 Å². The minimum atomic E-state index is 0.211. The number of aromatic hydroxyl groups is 1. The number of piperidine rings is 1. The number of phenolic OH excluding ortho intramolecular Hbond substituents is 1. The van der Waals surface area contributed by atoms with Crippen molar-refractivity contribution in [1.29, 1.82) is 0 Å². The molecule has 1 atom stereocenters. The molecule has 0 aliphatic carbocycles. The molecule has 4 nitrogen and oxygen atoms in total. The first kappa shape index (κ1) is 15.1. The zero-order valence-electron chi connectivity index (χ0n) is 12.6. The SMILES string of the molecule is CCOc1cc(CNCC2CCCCN2C)ccc1O. The summed E-state index contributed by atoms with van der Waals surface area (Å²) in [6.45, 7) is 5.52. The molecule has 0 bridgehead atoms. The number of likely N-dealkylation sites (tertiary alicyclic amines) is 1. The fraction of sp³-hybridized carbons (Fsp3) is 0.625. The van der Waals surface area contributed by atoms with Gasteiger partial charge < -0.3 is 20.1 Å². The quantitative estimate of drug-likeness (QED) is 0.838. The third-order valence-corrected chi connectivity index (χ3v) is 3.95. The highest BCUT2D eigenvalue weighted by Crippen LogP contribution is 2.26. The van der Waals surface area contributed by atoms with Gasteiger partial charge in [-0.05, 0) is 51.1 Å². The van der Waals surface area contributed by atoms with Crippen molar-refractivity contribution in [2.75, 3.05) is 26.7 Å².